The number of likely N-dealkylation sites (tertiary alicyclic amines) is 1. The van der Waals surface area contributed by atoms with E-state index < -0.39 is 35.5 Å². The lowest BCUT2D eigenvalue weighted by Gasteiger charge is -2.46. The Bertz CT molecular complexity index is 1340. The van der Waals surface area contributed by atoms with Crippen molar-refractivity contribution in [2.75, 3.05) is 19.7 Å². The quantitative estimate of drug-likeness (QED) is 0.147. The summed E-state index contributed by atoms with van der Waals surface area (Å²) in [6, 6.07) is 2.47. The van der Waals surface area contributed by atoms with Crippen LogP contribution in [0, 0.1) is 0 Å². The van der Waals surface area contributed by atoms with Crippen molar-refractivity contribution in [3.05, 3.63) is 29.3 Å². The maximum Gasteiger partial charge on any atom is 0.343 e. The molecule has 2 saturated heterocycles. The molecule has 14 nitrogen and oxygen atoms in total. The summed E-state index contributed by atoms with van der Waals surface area (Å²) in [5.74, 6) is -3.26. The van der Waals surface area contributed by atoms with E-state index in [9.17, 15) is 24.6 Å². The number of nitrogens with two attached hydrogens (primary N) is 2. The van der Waals surface area contributed by atoms with Gasteiger partial charge in [-0.3, -0.25) is 34.9 Å². The lowest BCUT2D eigenvalue weighted by Crippen LogP contribution is -2.90. The third kappa shape index (κ3) is 2.86. The van der Waals surface area contributed by atoms with Crippen LogP contribution in [0.2, 0.25) is 0 Å². The SMILES string of the molecule is NC1=N[C@@H](CN2C(=O)CCC2=O)[C@@H]2[NH+]=C(N)N[C@]23N1CC(NC(=O)c1cccc2c1OCC21CC1)C3(O)O. The zero-order chi connectivity index (χ0) is 26.6. The Kier molecular flexibility index (Phi) is 4.49. The largest absolute Gasteiger partial charge is 0.492 e. The molecule has 14 heteroatoms. The van der Waals surface area contributed by atoms with Crippen molar-refractivity contribution in [2.24, 2.45) is 16.5 Å². The number of hydrogen-bond acceptors (Lipinski definition) is 11. The van der Waals surface area contributed by atoms with Crippen molar-refractivity contribution >= 4 is 29.6 Å². The van der Waals surface area contributed by atoms with Crippen LogP contribution < -0.4 is 31.8 Å². The Labute approximate surface area is 216 Å². The normalized spacial score (nSPS) is 33.3. The molecule has 38 heavy (non-hydrogen) atoms. The molecule has 1 aliphatic carbocycles. The maximum absolute atomic E-state index is 13.4. The van der Waals surface area contributed by atoms with Crippen molar-refractivity contribution in [3.63, 3.8) is 0 Å². The average molecular weight is 526 g/mol. The monoisotopic (exact) mass is 525 g/mol. The molecule has 200 valence electrons. The molecule has 1 aromatic rings. The van der Waals surface area contributed by atoms with Crippen LogP contribution in [0.5, 0.6) is 5.75 Å². The van der Waals surface area contributed by atoms with E-state index in [1.807, 2.05) is 6.07 Å². The molecule has 0 radical (unpaired) electrons. The number of ether oxygens (including phenoxy) is 1. The van der Waals surface area contributed by atoms with E-state index in [1.165, 1.54) is 4.90 Å². The third-order valence-corrected chi connectivity index (χ3v) is 8.89. The first-order chi connectivity index (χ1) is 18.1. The molecule has 9 N–H and O–H groups in total. The molecule has 5 heterocycles. The Balaban J connectivity index is 1.20. The summed E-state index contributed by atoms with van der Waals surface area (Å²) in [4.78, 5) is 48.0. The van der Waals surface area contributed by atoms with Crippen molar-refractivity contribution in [1.29, 1.82) is 0 Å². The number of carbonyl (C=O) groups excluding carboxylic acids is 3. The highest BCUT2D eigenvalue weighted by Crippen LogP contribution is 2.56. The van der Waals surface area contributed by atoms with E-state index in [2.05, 4.69) is 20.6 Å². The summed E-state index contributed by atoms with van der Waals surface area (Å²) < 4.78 is 5.90. The fourth-order valence-corrected chi connectivity index (χ4v) is 6.71. The van der Waals surface area contributed by atoms with Gasteiger partial charge in [-0.05, 0) is 18.9 Å². The second-order valence-electron chi connectivity index (χ2n) is 11.0. The van der Waals surface area contributed by atoms with Crippen LogP contribution in [0.1, 0.15) is 41.6 Å². The lowest BCUT2D eigenvalue weighted by molar-refractivity contribution is -0.521. The molecule has 5 aliphatic heterocycles. The van der Waals surface area contributed by atoms with E-state index in [0.29, 0.717) is 17.9 Å². The number of para-hydroxylation sites is 1. The van der Waals surface area contributed by atoms with Gasteiger partial charge in [-0.15, -0.1) is 0 Å². The minimum Gasteiger partial charge on any atom is -0.492 e. The van der Waals surface area contributed by atoms with Gasteiger partial charge in [0, 0.05) is 23.8 Å². The molecule has 7 rings (SSSR count). The van der Waals surface area contributed by atoms with Gasteiger partial charge in [-0.2, -0.15) is 0 Å². The minimum atomic E-state index is -2.60. The molecule has 1 aromatic carbocycles. The van der Waals surface area contributed by atoms with Gasteiger partial charge < -0.3 is 26.0 Å². The number of benzene rings is 1. The molecular formula is C24H29N8O6+. The first-order valence-electron chi connectivity index (χ1n) is 12.7. The molecule has 6 aliphatic rings. The Morgan fingerprint density at radius 3 is 2.68 bits per heavy atom. The van der Waals surface area contributed by atoms with Gasteiger partial charge in [0.1, 0.15) is 17.8 Å². The molecule has 0 aromatic heterocycles. The standard InChI is InChI=1S/C24H28N8O6/c25-20-29-18-13(8-31-15(33)4-5-16(31)34)27-21(26)32-9-14(24(36,37)23(18,32)30-20)28-19(35)11-2-1-3-12-17(11)38-10-22(12)6-7-22/h1-3,13-14,18,36-37H,4-10H2,(H2,26,27)(H,28,35)(H3,25,29,30)/p+1/t13-,14?,18-,23-/m0/s1. The molecule has 1 unspecified atom stereocenters. The first kappa shape index (κ1) is 23.2. The molecule has 3 fully saturated rings. The summed E-state index contributed by atoms with van der Waals surface area (Å²) in [5, 5.41) is 29.0. The van der Waals surface area contributed by atoms with Gasteiger partial charge in [-0.1, -0.05) is 12.1 Å². The summed E-state index contributed by atoms with van der Waals surface area (Å²) in [7, 11) is 0. The van der Waals surface area contributed by atoms with Crippen LogP contribution in [-0.2, 0) is 15.0 Å². The number of nitrogens with one attached hydrogen (secondary N) is 3. The van der Waals surface area contributed by atoms with Crippen molar-refractivity contribution < 1.29 is 34.3 Å². The number of hydrogen-bond donors (Lipinski definition) is 7. The minimum absolute atomic E-state index is 0.0195. The number of nitrogens with zero attached hydrogens (tertiary/aromatic N) is 3. The number of aliphatic hydroxyl groups is 2. The van der Waals surface area contributed by atoms with Crippen LogP contribution >= 0.6 is 0 Å². The molecule has 2 spiro atoms. The second kappa shape index (κ2) is 7.35. The van der Waals surface area contributed by atoms with Crippen LogP contribution in [0.25, 0.3) is 0 Å². The predicted octanol–water partition coefficient (Wildman–Crippen LogP) is -4.89. The van der Waals surface area contributed by atoms with Gasteiger partial charge in [0.2, 0.25) is 17.6 Å². The number of rotatable bonds is 4. The fraction of sp³-hybridized carbons (Fsp3) is 0.542. The molecule has 1 saturated carbocycles. The molecule has 4 atom stereocenters. The van der Waals surface area contributed by atoms with Crippen LogP contribution in [-0.4, -0.2) is 98.9 Å². The van der Waals surface area contributed by atoms with E-state index in [0.717, 1.165) is 23.3 Å². The summed E-state index contributed by atoms with van der Waals surface area (Å²) in [5.41, 5.74) is 11.9. The predicted molar refractivity (Wildman–Crippen MR) is 129 cm³/mol. The third-order valence-electron chi connectivity index (χ3n) is 8.89. The second-order valence-corrected chi connectivity index (χ2v) is 11.0. The Hall–Kier alpha value is -3.91. The zero-order valence-corrected chi connectivity index (χ0v) is 20.4. The van der Waals surface area contributed by atoms with Crippen molar-refractivity contribution in [3.8, 4) is 5.75 Å². The number of aliphatic imine (C=N–C) groups is 1. The Morgan fingerprint density at radius 2 is 1.97 bits per heavy atom. The number of amides is 3. The van der Waals surface area contributed by atoms with Gasteiger partial charge in [-0.25, -0.2) is 10.3 Å². The summed E-state index contributed by atoms with van der Waals surface area (Å²) >= 11 is 0. The van der Waals surface area contributed by atoms with E-state index in [1.54, 1.807) is 12.1 Å². The summed E-state index contributed by atoms with van der Waals surface area (Å²) in [6.45, 7) is 0.323. The topological polar surface area (TPSA) is 210 Å². The average Bonchev–Trinajstić information content (AvgIpc) is 3.18. The van der Waals surface area contributed by atoms with Crippen LogP contribution in [0.4, 0.5) is 0 Å². The smallest absolute Gasteiger partial charge is 0.343 e. The maximum atomic E-state index is 13.4. The van der Waals surface area contributed by atoms with Crippen LogP contribution in [0.3, 0.4) is 0 Å². The van der Waals surface area contributed by atoms with Crippen molar-refractivity contribution in [1.82, 2.24) is 20.4 Å². The van der Waals surface area contributed by atoms with Gasteiger partial charge in [0.05, 0.1) is 25.3 Å². The number of imide groups is 1. The Morgan fingerprint density at radius 1 is 1.24 bits per heavy atom. The van der Waals surface area contributed by atoms with E-state index in [4.69, 9.17) is 16.2 Å². The molecule has 3 amide bonds. The number of fused-ring (bicyclic) bond motifs is 2. The van der Waals surface area contributed by atoms with Gasteiger partial charge in [0.15, 0.2) is 12.0 Å². The highest BCUT2D eigenvalue weighted by atomic mass is 16.5. The highest BCUT2D eigenvalue weighted by Gasteiger charge is 2.76. The van der Waals surface area contributed by atoms with Crippen molar-refractivity contribution in [2.45, 2.75) is 60.7 Å². The lowest BCUT2D eigenvalue weighted by atomic mass is 9.84. The fourth-order valence-electron chi connectivity index (χ4n) is 6.71. The van der Waals surface area contributed by atoms with Gasteiger partial charge >= 0.3 is 5.96 Å². The zero-order valence-electron chi connectivity index (χ0n) is 20.4. The van der Waals surface area contributed by atoms with E-state index >= 15 is 0 Å². The first-order valence-corrected chi connectivity index (χ1v) is 12.7. The van der Waals surface area contributed by atoms with Crippen LogP contribution in [0.15, 0.2) is 23.2 Å². The molecular weight excluding hydrogens is 496 g/mol. The van der Waals surface area contributed by atoms with E-state index in [-0.39, 0.29) is 55.1 Å². The number of carbonyl (C=O) groups is 3. The van der Waals surface area contributed by atoms with Gasteiger partial charge in [0.25, 0.3) is 11.6 Å². The molecule has 0 bridgehead atoms. The highest BCUT2D eigenvalue weighted by molar-refractivity contribution is 6.02. The summed E-state index contributed by atoms with van der Waals surface area (Å²) in [6.07, 6.45) is 2.24. The number of guanidine groups is 2.